The van der Waals surface area contributed by atoms with E-state index in [2.05, 4.69) is 22.5 Å². The molecular formula is C9H12N2O2S. The molecule has 0 aromatic rings. The van der Waals surface area contributed by atoms with E-state index in [0.29, 0.717) is 18.7 Å². The Hall–Kier alpha value is -1.15. The molecule has 2 amide bonds. The van der Waals surface area contributed by atoms with Gasteiger partial charge in [0.2, 0.25) is 5.91 Å². The maximum absolute atomic E-state index is 11.4. The minimum Gasteiger partial charge on any atom is -0.353 e. The Kier molecular flexibility index (Phi) is 4.33. The van der Waals surface area contributed by atoms with Crippen LogP contribution in [0.5, 0.6) is 0 Å². The van der Waals surface area contributed by atoms with Gasteiger partial charge in [0.1, 0.15) is 6.04 Å². The smallest absolute Gasteiger partial charge is 0.279 e. The zero-order chi connectivity index (χ0) is 10.4. The standard InChI is InChI=1S/C9H12N2O2S/c1-2-3-4-5-10-8(12)7-6-14-9(13)11-7/h7H,4-6H2,1H3,(H,10,12)(H,11,13). The van der Waals surface area contributed by atoms with Gasteiger partial charge in [-0.1, -0.05) is 11.8 Å². The number of carbonyl (C=O) groups is 2. The highest BCUT2D eigenvalue weighted by molar-refractivity contribution is 8.14. The van der Waals surface area contributed by atoms with Gasteiger partial charge in [-0.3, -0.25) is 9.59 Å². The van der Waals surface area contributed by atoms with Gasteiger partial charge in [0.15, 0.2) is 0 Å². The van der Waals surface area contributed by atoms with E-state index in [1.165, 1.54) is 0 Å². The molecule has 0 bridgehead atoms. The van der Waals surface area contributed by atoms with E-state index in [1.54, 1.807) is 6.92 Å². The maximum Gasteiger partial charge on any atom is 0.279 e. The number of nitrogens with one attached hydrogen (secondary N) is 2. The fourth-order valence-electron chi connectivity index (χ4n) is 1.02. The Balaban J connectivity index is 2.20. The quantitative estimate of drug-likeness (QED) is 0.524. The number of rotatable bonds is 3. The van der Waals surface area contributed by atoms with Crippen molar-refractivity contribution in [3.63, 3.8) is 0 Å². The summed E-state index contributed by atoms with van der Waals surface area (Å²) >= 11 is 1.14. The molecule has 0 spiro atoms. The predicted molar refractivity (Wildman–Crippen MR) is 55.9 cm³/mol. The number of hydrogen-bond donors (Lipinski definition) is 2. The molecule has 1 atom stereocenters. The molecule has 2 N–H and O–H groups in total. The molecule has 0 saturated carbocycles. The minimum absolute atomic E-state index is 0.124. The van der Waals surface area contributed by atoms with Gasteiger partial charge in [-0.15, -0.1) is 11.8 Å². The van der Waals surface area contributed by atoms with Gasteiger partial charge in [-0.25, -0.2) is 0 Å². The van der Waals surface area contributed by atoms with E-state index in [-0.39, 0.29) is 17.2 Å². The molecule has 5 heteroatoms. The molecule has 1 saturated heterocycles. The predicted octanol–water partition coefficient (Wildman–Crippen LogP) is 0.341. The van der Waals surface area contributed by atoms with Crippen LogP contribution in [0.25, 0.3) is 0 Å². The lowest BCUT2D eigenvalue weighted by molar-refractivity contribution is -0.122. The number of carbonyl (C=O) groups excluding carboxylic acids is 2. The molecule has 4 nitrogen and oxygen atoms in total. The molecule has 1 unspecified atom stereocenters. The van der Waals surface area contributed by atoms with Crippen LogP contribution in [0.2, 0.25) is 0 Å². The molecule has 1 heterocycles. The first-order valence-electron chi connectivity index (χ1n) is 4.34. The molecular weight excluding hydrogens is 200 g/mol. The van der Waals surface area contributed by atoms with E-state index < -0.39 is 0 Å². The molecule has 1 fully saturated rings. The van der Waals surface area contributed by atoms with Crippen LogP contribution >= 0.6 is 11.8 Å². The molecule has 0 aromatic heterocycles. The third-order valence-corrected chi connectivity index (χ3v) is 2.60. The molecule has 0 aromatic carbocycles. The summed E-state index contributed by atoms with van der Waals surface area (Å²) in [6.07, 6.45) is 0.649. The fraction of sp³-hybridized carbons (Fsp3) is 0.556. The van der Waals surface area contributed by atoms with Crippen molar-refractivity contribution < 1.29 is 9.59 Å². The first-order valence-corrected chi connectivity index (χ1v) is 5.33. The lowest BCUT2D eigenvalue weighted by Gasteiger charge is -2.08. The van der Waals surface area contributed by atoms with Crippen LogP contribution in [0.1, 0.15) is 13.3 Å². The van der Waals surface area contributed by atoms with Gasteiger partial charge >= 0.3 is 0 Å². The Bertz CT molecular complexity index is 293. The average molecular weight is 212 g/mol. The van der Waals surface area contributed by atoms with Crippen molar-refractivity contribution in [2.45, 2.75) is 19.4 Å². The monoisotopic (exact) mass is 212 g/mol. The highest BCUT2D eigenvalue weighted by Crippen LogP contribution is 2.12. The minimum atomic E-state index is -0.373. The van der Waals surface area contributed by atoms with E-state index in [9.17, 15) is 9.59 Å². The van der Waals surface area contributed by atoms with Crippen LogP contribution in [-0.4, -0.2) is 29.5 Å². The van der Waals surface area contributed by atoms with Crippen LogP contribution in [-0.2, 0) is 4.79 Å². The molecule has 14 heavy (non-hydrogen) atoms. The summed E-state index contributed by atoms with van der Waals surface area (Å²) in [5.41, 5.74) is 0. The van der Waals surface area contributed by atoms with Crippen molar-refractivity contribution >= 4 is 22.9 Å². The third-order valence-electron chi connectivity index (χ3n) is 1.72. The highest BCUT2D eigenvalue weighted by atomic mass is 32.2. The van der Waals surface area contributed by atoms with Crippen LogP contribution in [0.3, 0.4) is 0 Å². The zero-order valence-electron chi connectivity index (χ0n) is 7.92. The summed E-state index contributed by atoms with van der Waals surface area (Å²) in [5, 5.41) is 5.15. The molecule has 76 valence electrons. The van der Waals surface area contributed by atoms with Crippen LogP contribution < -0.4 is 10.6 Å². The molecule has 1 aliphatic rings. The lowest BCUT2D eigenvalue weighted by atomic mass is 10.3. The molecule has 1 rings (SSSR count). The van der Waals surface area contributed by atoms with E-state index in [4.69, 9.17) is 0 Å². The van der Waals surface area contributed by atoms with Crippen molar-refractivity contribution in [2.24, 2.45) is 0 Å². The van der Waals surface area contributed by atoms with Crippen molar-refractivity contribution in [2.75, 3.05) is 12.3 Å². The Labute approximate surface area is 87.2 Å². The van der Waals surface area contributed by atoms with Gasteiger partial charge in [0.25, 0.3) is 5.24 Å². The number of thioether (sulfide) groups is 1. The van der Waals surface area contributed by atoms with Gasteiger partial charge < -0.3 is 10.6 Å². The van der Waals surface area contributed by atoms with Crippen molar-refractivity contribution in [1.82, 2.24) is 10.6 Å². The van der Waals surface area contributed by atoms with Crippen molar-refractivity contribution in [1.29, 1.82) is 0 Å². The third kappa shape index (κ3) is 3.30. The van der Waals surface area contributed by atoms with Gasteiger partial charge in [0, 0.05) is 18.7 Å². The summed E-state index contributed by atoms with van der Waals surface area (Å²) in [4.78, 5) is 22.2. The lowest BCUT2D eigenvalue weighted by Crippen LogP contribution is -2.43. The summed E-state index contributed by atoms with van der Waals surface area (Å²) < 4.78 is 0. The summed E-state index contributed by atoms with van der Waals surface area (Å²) in [7, 11) is 0. The SMILES string of the molecule is CC#CCCNC(=O)C1CSC(=O)N1. The first-order chi connectivity index (χ1) is 6.74. The Morgan fingerprint density at radius 1 is 1.79 bits per heavy atom. The zero-order valence-corrected chi connectivity index (χ0v) is 8.74. The topological polar surface area (TPSA) is 58.2 Å². The normalized spacial score (nSPS) is 19.5. The number of hydrogen-bond acceptors (Lipinski definition) is 3. The van der Waals surface area contributed by atoms with Crippen LogP contribution in [0.15, 0.2) is 0 Å². The number of amides is 2. The average Bonchev–Trinajstić information content (AvgIpc) is 2.59. The fourth-order valence-corrected chi connectivity index (χ4v) is 1.80. The molecule has 1 aliphatic heterocycles. The van der Waals surface area contributed by atoms with E-state index in [0.717, 1.165) is 11.8 Å². The maximum atomic E-state index is 11.4. The van der Waals surface area contributed by atoms with Gasteiger partial charge in [-0.05, 0) is 6.92 Å². The van der Waals surface area contributed by atoms with Crippen molar-refractivity contribution in [3.05, 3.63) is 0 Å². The highest BCUT2D eigenvalue weighted by Gasteiger charge is 2.27. The summed E-state index contributed by atoms with van der Waals surface area (Å²) in [6.45, 7) is 2.30. The van der Waals surface area contributed by atoms with Gasteiger partial charge in [-0.2, -0.15) is 0 Å². The Morgan fingerprint density at radius 2 is 2.57 bits per heavy atom. The first kappa shape index (κ1) is 10.9. The van der Waals surface area contributed by atoms with E-state index in [1.807, 2.05) is 0 Å². The summed E-state index contributed by atoms with van der Waals surface area (Å²) in [5.74, 6) is 5.98. The summed E-state index contributed by atoms with van der Waals surface area (Å²) in [6, 6.07) is -0.373. The van der Waals surface area contributed by atoms with E-state index >= 15 is 0 Å². The second-order valence-corrected chi connectivity index (χ2v) is 3.76. The van der Waals surface area contributed by atoms with Crippen LogP contribution in [0, 0.1) is 11.8 Å². The Morgan fingerprint density at radius 3 is 3.14 bits per heavy atom. The van der Waals surface area contributed by atoms with Crippen LogP contribution in [0.4, 0.5) is 4.79 Å². The molecule has 0 aliphatic carbocycles. The second-order valence-electron chi connectivity index (χ2n) is 2.76. The van der Waals surface area contributed by atoms with Gasteiger partial charge in [0.05, 0.1) is 0 Å². The molecule has 0 radical (unpaired) electrons. The van der Waals surface area contributed by atoms with Crippen molar-refractivity contribution in [3.8, 4) is 11.8 Å². The largest absolute Gasteiger partial charge is 0.353 e. The second kappa shape index (κ2) is 5.55.